The molecular weight excluding hydrogens is 448 g/mol. The fraction of sp³-hybridized carbons (Fsp3) is 0.207. The summed E-state index contributed by atoms with van der Waals surface area (Å²) in [5.41, 5.74) is 6.10. The number of carbonyl (C=O) groups excluding carboxylic acids is 1. The maximum atomic E-state index is 13.6. The average Bonchev–Trinajstić information content (AvgIpc) is 3.53. The molecule has 3 aromatic heterocycles. The van der Waals surface area contributed by atoms with Gasteiger partial charge in [-0.25, -0.2) is 9.69 Å². The van der Waals surface area contributed by atoms with Gasteiger partial charge in [-0.15, -0.1) is 0 Å². The van der Waals surface area contributed by atoms with E-state index in [1.54, 1.807) is 17.2 Å². The number of hydrogen-bond acceptors (Lipinski definition) is 3. The van der Waals surface area contributed by atoms with E-state index in [-0.39, 0.29) is 11.4 Å². The molecule has 0 aliphatic carbocycles. The molecule has 0 bridgehead atoms. The van der Waals surface area contributed by atoms with E-state index in [4.69, 9.17) is 0 Å². The number of benzene rings is 2. The molecule has 2 amide bonds. The largest absolute Gasteiger partial charge is 0.361 e. The number of aromatic amines is 2. The molecule has 36 heavy (non-hydrogen) atoms. The molecule has 0 spiro atoms. The third-order valence-electron chi connectivity index (χ3n) is 6.35. The summed E-state index contributed by atoms with van der Waals surface area (Å²) in [7, 11) is 0. The molecule has 0 aliphatic rings. The van der Waals surface area contributed by atoms with E-state index in [1.165, 1.54) is 11.1 Å². The van der Waals surface area contributed by atoms with Crippen LogP contribution in [0.5, 0.6) is 0 Å². The molecule has 7 heteroatoms. The molecule has 0 atom stereocenters. The second-order valence-corrected chi connectivity index (χ2v) is 9.94. The minimum atomic E-state index is -0.265. The highest BCUT2D eigenvalue weighted by molar-refractivity contribution is 6.07. The van der Waals surface area contributed by atoms with Gasteiger partial charge in [-0.1, -0.05) is 32.9 Å². The van der Waals surface area contributed by atoms with E-state index in [1.807, 2.05) is 67.1 Å². The first-order valence-corrected chi connectivity index (χ1v) is 12.1. The number of aryl methyl sites for hydroxylation is 2. The van der Waals surface area contributed by atoms with E-state index >= 15 is 0 Å². The normalized spacial score (nSPS) is 11.5. The van der Waals surface area contributed by atoms with E-state index in [0.29, 0.717) is 5.82 Å². The second-order valence-electron chi connectivity index (χ2n) is 9.94. The van der Waals surface area contributed by atoms with Gasteiger partial charge in [-0.05, 0) is 77.4 Å². The minimum Gasteiger partial charge on any atom is -0.361 e. The maximum Gasteiger partial charge on any atom is 0.332 e. The zero-order valence-electron chi connectivity index (χ0n) is 20.7. The van der Waals surface area contributed by atoms with Crippen LogP contribution in [0.25, 0.3) is 10.9 Å². The Balaban J connectivity index is 1.41. The molecular formula is C29H30N6O. The van der Waals surface area contributed by atoms with Crippen LogP contribution in [0.2, 0.25) is 0 Å². The lowest BCUT2D eigenvalue weighted by Gasteiger charge is -2.25. The van der Waals surface area contributed by atoms with Gasteiger partial charge >= 0.3 is 6.03 Å². The van der Waals surface area contributed by atoms with Crippen LogP contribution in [0.4, 0.5) is 22.0 Å². The van der Waals surface area contributed by atoms with Gasteiger partial charge in [0.05, 0.1) is 11.9 Å². The van der Waals surface area contributed by atoms with Crippen LogP contribution in [-0.2, 0) is 18.3 Å². The highest BCUT2D eigenvalue weighted by Gasteiger charge is 2.22. The van der Waals surface area contributed by atoms with Crippen LogP contribution in [0, 0.1) is 0 Å². The quantitative estimate of drug-likeness (QED) is 0.252. The van der Waals surface area contributed by atoms with E-state index in [2.05, 4.69) is 52.3 Å². The first-order valence-electron chi connectivity index (χ1n) is 12.1. The summed E-state index contributed by atoms with van der Waals surface area (Å²) >= 11 is 0. The molecule has 7 nitrogen and oxygen atoms in total. The lowest BCUT2D eigenvalue weighted by atomic mass is 9.87. The molecule has 0 saturated heterocycles. The van der Waals surface area contributed by atoms with Crippen LogP contribution in [0.15, 0.2) is 85.5 Å². The number of carbonyl (C=O) groups is 1. The van der Waals surface area contributed by atoms with Crippen molar-refractivity contribution >= 4 is 34.1 Å². The van der Waals surface area contributed by atoms with Crippen LogP contribution < -0.4 is 10.2 Å². The van der Waals surface area contributed by atoms with Crippen molar-refractivity contribution in [3.05, 3.63) is 102 Å². The fourth-order valence-corrected chi connectivity index (χ4v) is 4.32. The monoisotopic (exact) mass is 478 g/mol. The van der Waals surface area contributed by atoms with Crippen molar-refractivity contribution in [1.29, 1.82) is 0 Å². The SMILES string of the molecule is CC(C)(C)c1cccc(N(C(=O)Nc2ccc3[nH]cc(CCc4ccncc4)c3c2)c2ccn[nH]2)c1. The van der Waals surface area contributed by atoms with Crippen molar-refractivity contribution in [2.45, 2.75) is 39.0 Å². The zero-order valence-corrected chi connectivity index (χ0v) is 20.7. The highest BCUT2D eigenvalue weighted by Crippen LogP contribution is 2.31. The summed E-state index contributed by atoms with van der Waals surface area (Å²) in [5, 5.41) is 11.2. The fourth-order valence-electron chi connectivity index (χ4n) is 4.32. The Morgan fingerprint density at radius 2 is 1.81 bits per heavy atom. The molecule has 3 N–H and O–H groups in total. The van der Waals surface area contributed by atoms with Crippen LogP contribution in [0.1, 0.15) is 37.5 Å². The average molecular weight is 479 g/mol. The third kappa shape index (κ3) is 5.00. The Morgan fingerprint density at radius 1 is 0.972 bits per heavy atom. The third-order valence-corrected chi connectivity index (χ3v) is 6.35. The van der Waals surface area contributed by atoms with Crippen LogP contribution >= 0.6 is 0 Å². The molecule has 5 rings (SSSR count). The number of urea groups is 1. The van der Waals surface area contributed by atoms with Crippen molar-refractivity contribution in [2.75, 3.05) is 10.2 Å². The first-order chi connectivity index (χ1) is 17.4. The van der Waals surface area contributed by atoms with Crippen molar-refractivity contribution in [3.63, 3.8) is 0 Å². The summed E-state index contributed by atoms with van der Waals surface area (Å²) < 4.78 is 0. The summed E-state index contributed by atoms with van der Waals surface area (Å²) in [5.74, 6) is 0.597. The summed E-state index contributed by atoms with van der Waals surface area (Å²) in [6, 6.07) is 19.6. The number of hydrogen-bond donors (Lipinski definition) is 3. The van der Waals surface area contributed by atoms with E-state index in [9.17, 15) is 4.79 Å². The van der Waals surface area contributed by atoms with Gasteiger partial charge in [0.1, 0.15) is 5.82 Å². The highest BCUT2D eigenvalue weighted by atomic mass is 16.2. The van der Waals surface area contributed by atoms with Gasteiger partial charge in [-0.3, -0.25) is 10.1 Å². The second kappa shape index (κ2) is 9.70. The van der Waals surface area contributed by atoms with Gasteiger partial charge in [0.25, 0.3) is 0 Å². The number of anilines is 3. The number of aromatic nitrogens is 4. The Hall–Kier alpha value is -4.39. The number of pyridine rings is 1. The lowest BCUT2D eigenvalue weighted by Crippen LogP contribution is -2.31. The van der Waals surface area contributed by atoms with Gasteiger partial charge < -0.3 is 10.3 Å². The van der Waals surface area contributed by atoms with Gasteiger partial charge in [0, 0.05) is 41.2 Å². The molecule has 0 fully saturated rings. The number of rotatable bonds is 6. The molecule has 0 saturated carbocycles. The first kappa shape index (κ1) is 23.4. The summed E-state index contributed by atoms with van der Waals surface area (Å²) in [6.07, 6.45) is 9.14. The summed E-state index contributed by atoms with van der Waals surface area (Å²) in [6.45, 7) is 6.47. The lowest BCUT2D eigenvalue weighted by molar-refractivity contribution is 0.259. The van der Waals surface area contributed by atoms with E-state index in [0.717, 1.165) is 40.7 Å². The predicted molar refractivity (Wildman–Crippen MR) is 145 cm³/mol. The molecule has 0 aliphatic heterocycles. The van der Waals surface area contributed by atoms with Crippen LogP contribution in [-0.4, -0.2) is 26.2 Å². The number of nitrogens with zero attached hydrogens (tertiary/aromatic N) is 3. The molecule has 3 heterocycles. The van der Waals surface area contributed by atoms with Crippen molar-refractivity contribution < 1.29 is 4.79 Å². The molecule has 5 aromatic rings. The Bertz CT molecular complexity index is 1460. The number of fused-ring (bicyclic) bond motifs is 1. The van der Waals surface area contributed by atoms with Gasteiger partial charge in [-0.2, -0.15) is 5.10 Å². The number of amides is 2. The van der Waals surface area contributed by atoms with Gasteiger partial charge in [0.15, 0.2) is 0 Å². The van der Waals surface area contributed by atoms with Crippen LogP contribution in [0.3, 0.4) is 0 Å². The van der Waals surface area contributed by atoms with Crippen molar-refractivity contribution in [2.24, 2.45) is 0 Å². The minimum absolute atomic E-state index is 0.0435. The Kier molecular flexibility index (Phi) is 6.29. The van der Waals surface area contributed by atoms with Crippen molar-refractivity contribution in [3.8, 4) is 0 Å². The zero-order chi connectivity index (χ0) is 25.1. The Morgan fingerprint density at radius 3 is 2.56 bits per heavy atom. The molecule has 0 unspecified atom stereocenters. The molecule has 182 valence electrons. The predicted octanol–water partition coefficient (Wildman–Crippen LogP) is 6.74. The number of nitrogens with one attached hydrogen (secondary N) is 3. The standard InChI is InChI=1S/C29H30N6O/c1-29(2,3)22-5-4-6-24(17-22)35(27-13-16-32-34-27)28(36)33-23-9-10-26-25(18-23)21(19-31-26)8-7-20-11-14-30-15-12-20/h4-6,9-19,31H,7-8H2,1-3H3,(H,32,34)(H,33,36). The number of H-pyrrole nitrogens is 2. The molecule has 2 aromatic carbocycles. The topological polar surface area (TPSA) is 89.7 Å². The summed E-state index contributed by atoms with van der Waals surface area (Å²) in [4.78, 5) is 22.7. The molecule has 0 radical (unpaired) electrons. The van der Waals surface area contributed by atoms with Gasteiger partial charge in [0.2, 0.25) is 0 Å². The smallest absolute Gasteiger partial charge is 0.332 e. The Labute approximate surface area is 210 Å². The van der Waals surface area contributed by atoms with Crippen molar-refractivity contribution in [1.82, 2.24) is 20.2 Å². The maximum absolute atomic E-state index is 13.6. The van der Waals surface area contributed by atoms with E-state index < -0.39 is 0 Å².